The Bertz CT molecular complexity index is 2520. The van der Waals surface area contributed by atoms with E-state index in [0.29, 0.717) is 6.54 Å². The summed E-state index contributed by atoms with van der Waals surface area (Å²) in [5, 5.41) is 9.96. The molecule has 0 saturated carbocycles. The SMILES string of the molecule is N=Cc1cccc2oc3ccc(-c4cccc(-c5ccccc5)c4-c4cccc(-c5ccccc5)c4)cc3c12.NCc1ccccc1.c1ccccc1. The van der Waals surface area contributed by atoms with E-state index in [1.54, 1.807) is 0 Å². The van der Waals surface area contributed by atoms with Crippen LogP contribution in [0.2, 0.25) is 0 Å². The van der Waals surface area contributed by atoms with Crippen molar-refractivity contribution in [3.05, 3.63) is 217 Å². The summed E-state index contributed by atoms with van der Waals surface area (Å²) in [4.78, 5) is 0. The highest BCUT2D eigenvalue weighted by Crippen LogP contribution is 2.43. The predicted octanol–water partition coefficient (Wildman–Crippen LogP) is 13.1. The Morgan fingerprint density at radius 1 is 0.434 bits per heavy atom. The molecule has 0 aliphatic carbocycles. The number of furan rings is 1. The van der Waals surface area contributed by atoms with E-state index in [1.165, 1.54) is 45.2 Å². The first-order valence-corrected chi connectivity index (χ1v) is 17.8. The molecule has 9 aromatic rings. The van der Waals surface area contributed by atoms with Crippen molar-refractivity contribution in [1.29, 1.82) is 5.41 Å². The first-order valence-electron chi connectivity index (χ1n) is 17.8. The van der Waals surface area contributed by atoms with Crippen LogP contribution < -0.4 is 5.73 Å². The molecule has 3 nitrogen and oxygen atoms in total. The molecule has 0 aliphatic heterocycles. The van der Waals surface area contributed by atoms with Gasteiger partial charge in [-0.1, -0.05) is 182 Å². The zero-order valence-electron chi connectivity index (χ0n) is 29.4. The van der Waals surface area contributed by atoms with Crippen LogP contribution >= 0.6 is 0 Å². The second-order valence-electron chi connectivity index (χ2n) is 12.6. The molecule has 3 N–H and O–H groups in total. The van der Waals surface area contributed by atoms with Crippen LogP contribution in [-0.2, 0) is 6.54 Å². The second kappa shape index (κ2) is 16.9. The van der Waals surface area contributed by atoms with Crippen molar-refractivity contribution in [1.82, 2.24) is 0 Å². The Balaban J connectivity index is 0.000000260. The van der Waals surface area contributed by atoms with Gasteiger partial charge >= 0.3 is 0 Å². The molecule has 1 aromatic heterocycles. The van der Waals surface area contributed by atoms with Crippen molar-refractivity contribution in [3.8, 4) is 44.5 Å². The molecule has 0 unspecified atom stereocenters. The maximum absolute atomic E-state index is 7.95. The summed E-state index contributed by atoms with van der Waals surface area (Å²) < 4.78 is 6.16. The molecule has 0 bridgehead atoms. The lowest BCUT2D eigenvalue weighted by molar-refractivity contribution is 0.669. The third-order valence-electron chi connectivity index (χ3n) is 9.15. The van der Waals surface area contributed by atoms with E-state index in [2.05, 4.69) is 121 Å². The van der Waals surface area contributed by atoms with Crippen LogP contribution in [-0.4, -0.2) is 6.21 Å². The molecule has 1 heterocycles. The molecular weight excluding hydrogens is 645 g/mol. The number of hydrogen-bond acceptors (Lipinski definition) is 3. The lowest BCUT2D eigenvalue weighted by Gasteiger charge is -2.17. The quantitative estimate of drug-likeness (QED) is 0.171. The maximum Gasteiger partial charge on any atom is 0.136 e. The molecule has 0 aliphatic rings. The van der Waals surface area contributed by atoms with Gasteiger partial charge in [-0.15, -0.1) is 0 Å². The molecular formula is C50H40N2O. The van der Waals surface area contributed by atoms with Crippen molar-refractivity contribution in [2.24, 2.45) is 5.73 Å². The molecule has 53 heavy (non-hydrogen) atoms. The average Bonchev–Trinajstić information content (AvgIpc) is 3.64. The molecule has 0 saturated heterocycles. The highest BCUT2D eigenvalue weighted by molar-refractivity contribution is 6.13. The van der Waals surface area contributed by atoms with Gasteiger partial charge in [0.15, 0.2) is 0 Å². The molecule has 0 fully saturated rings. The summed E-state index contributed by atoms with van der Waals surface area (Å²) in [6.07, 6.45) is 1.40. The molecule has 256 valence electrons. The van der Waals surface area contributed by atoms with Gasteiger partial charge in [0, 0.05) is 29.1 Å². The normalized spacial score (nSPS) is 10.5. The third kappa shape index (κ3) is 8.07. The van der Waals surface area contributed by atoms with E-state index >= 15 is 0 Å². The van der Waals surface area contributed by atoms with Gasteiger partial charge in [0.05, 0.1) is 0 Å². The van der Waals surface area contributed by atoms with Crippen LogP contribution in [0.3, 0.4) is 0 Å². The largest absolute Gasteiger partial charge is 0.456 e. The molecule has 3 heteroatoms. The molecule has 0 atom stereocenters. The van der Waals surface area contributed by atoms with Gasteiger partial charge in [-0.2, -0.15) is 0 Å². The first-order chi connectivity index (χ1) is 26.2. The molecule has 0 amide bonds. The predicted molar refractivity (Wildman–Crippen MR) is 224 cm³/mol. The van der Waals surface area contributed by atoms with Crippen LogP contribution in [0.15, 0.2) is 211 Å². The van der Waals surface area contributed by atoms with E-state index in [0.717, 1.165) is 38.6 Å². The average molecular weight is 685 g/mol. The Hall–Kier alpha value is -6.81. The minimum atomic E-state index is 0.640. The van der Waals surface area contributed by atoms with Gasteiger partial charge in [0.1, 0.15) is 11.2 Å². The summed E-state index contributed by atoms with van der Waals surface area (Å²) >= 11 is 0. The summed E-state index contributed by atoms with van der Waals surface area (Å²) in [5.41, 5.74) is 18.4. The Morgan fingerprint density at radius 2 is 0.962 bits per heavy atom. The van der Waals surface area contributed by atoms with Gasteiger partial charge in [0.25, 0.3) is 0 Å². The van der Waals surface area contributed by atoms with Crippen LogP contribution in [0.1, 0.15) is 11.1 Å². The van der Waals surface area contributed by atoms with Crippen molar-refractivity contribution >= 4 is 28.2 Å². The minimum Gasteiger partial charge on any atom is -0.456 e. The van der Waals surface area contributed by atoms with Crippen LogP contribution in [0.5, 0.6) is 0 Å². The van der Waals surface area contributed by atoms with Gasteiger partial charge in [-0.05, 0) is 74.3 Å². The third-order valence-corrected chi connectivity index (χ3v) is 9.15. The summed E-state index contributed by atoms with van der Waals surface area (Å²) in [5.74, 6) is 0. The zero-order valence-corrected chi connectivity index (χ0v) is 29.4. The van der Waals surface area contributed by atoms with Crippen LogP contribution in [0.4, 0.5) is 0 Å². The van der Waals surface area contributed by atoms with Crippen LogP contribution in [0, 0.1) is 5.41 Å². The molecule has 9 rings (SSSR count). The number of nitrogens with one attached hydrogen (secondary N) is 1. The van der Waals surface area contributed by atoms with E-state index < -0.39 is 0 Å². The fourth-order valence-electron chi connectivity index (χ4n) is 6.59. The highest BCUT2D eigenvalue weighted by Gasteiger charge is 2.17. The van der Waals surface area contributed by atoms with E-state index in [1.807, 2.05) is 84.9 Å². The number of benzene rings is 8. The zero-order chi connectivity index (χ0) is 36.2. The van der Waals surface area contributed by atoms with Gasteiger partial charge in [-0.3, -0.25) is 0 Å². The van der Waals surface area contributed by atoms with Gasteiger partial charge in [0.2, 0.25) is 0 Å². The summed E-state index contributed by atoms with van der Waals surface area (Å²) in [7, 11) is 0. The number of rotatable bonds is 6. The standard InChI is InChI=1S/C37H25NO.C7H9N.C6H6/c38-24-30-16-8-19-35-37(30)33-23-28(20-21-34(33)39-35)32-18-9-17-31(26-12-5-2-6-13-26)36(32)29-15-7-14-27(22-29)25-10-3-1-4-11-25;8-6-7-4-2-1-3-5-7;1-2-4-6-5-3-1/h1-24,38H;1-5H,6,8H2;1-6H. The van der Waals surface area contributed by atoms with Crippen molar-refractivity contribution in [3.63, 3.8) is 0 Å². The Labute approximate surface area is 311 Å². The highest BCUT2D eigenvalue weighted by atomic mass is 16.3. The lowest BCUT2D eigenvalue weighted by Crippen LogP contribution is -1.94. The van der Waals surface area contributed by atoms with Gasteiger partial charge in [-0.25, -0.2) is 0 Å². The minimum absolute atomic E-state index is 0.640. The Morgan fingerprint density at radius 3 is 1.58 bits per heavy atom. The van der Waals surface area contributed by atoms with E-state index in [9.17, 15) is 0 Å². The smallest absolute Gasteiger partial charge is 0.136 e. The Kier molecular flexibility index (Phi) is 11.1. The van der Waals surface area contributed by atoms with Crippen molar-refractivity contribution in [2.45, 2.75) is 6.54 Å². The summed E-state index contributed by atoms with van der Waals surface area (Å²) in [6.45, 7) is 0.640. The lowest BCUT2D eigenvalue weighted by atomic mass is 9.86. The first kappa shape index (κ1) is 34.6. The molecule has 8 aromatic carbocycles. The number of hydrogen-bond donors (Lipinski definition) is 2. The van der Waals surface area contributed by atoms with Crippen LogP contribution in [0.25, 0.3) is 66.4 Å². The van der Waals surface area contributed by atoms with Crippen molar-refractivity contribution in [2.75, 3.05) is 0 Å². The number of nitrogens with two attached hydrogens (primary N) is 1. The summed E-state index contributed by atoms with van der Waals surface area (Å²) in [6, 6.07) is 70.8. The van der Waals surface area contributed by atoms with E-state index in [-0.39, 0.29) is 0 Å². The molecule has 0 spiro atoms. The number of fused-ring (bicyclic) bond motifs is 3. The topological polar surface area (TPSA) is 63.0 Å². The van der Waals surface area contributed by atoms with Gasteiger partial charge < -0.3 is 15.6 Å². The fourth-order valence-corrected chi connectivity index (χ4v) is 6.59. The van der Waals surface area contributed by atoms with Crippen molar-refractivity contribution < 1.29 is 4.42 Å². The van der Waals surface area contributed by atoms with E-state index in [4.69, 9.17) is 15.6 Å². The maximum atomic E-state index is 7.95. The monoisotopic (exact) mass is 684 g/mol. The fraction of sp³-hybridized carbons (Fsp3) is 0.0200. The molecule has 0 radical (unpaired) electrons. The second-order valence-corrected chi connectivity index (χ2v) is 12.6.